The first-order chi connectivity index (χ1) is 9.19. The van der Waals surface area contributed by atoms with Crippen LogP contribution in [-0.4, -0.2) is 27.4 Å². The lowest BCUT2D eigenvalue weighted by Crippen LogP contribution is -2.28. The fourth-order valence-corrected chi connectivity index (χ4v) is 2.05. The number of fused-ring (bicyclic) bond motifs is 1. The number of rotatable bonds is 1. The van der Waals surface area contributed by atoms with Gasteiger partial charge < -0.3 is 14.6 Å². The van der Waals surface area contributed by atoms with Crippen LogP contribution in [0.3, 0.4) is 0 Å². The average Bonchev–Trinajstić information content (AvgIpc) is 2.65. The van der Waals surface area contributed by atoms with Gasteiger partial charge in [-0.15, -0.1) is 0 Å². The second-order valence-corrected chi connectivity index (χ2v) is 6.11. The smallest absolute Gasteiger partial charge is 0.435 e. The van der Waals surface area contributed by atoms with Gasteiger partial charge in [-0.2, -0.15) is 9.78 Å². The van der Waals surface area contributed by atoms with Gasteiger partial charge in [-0.25, -0.2) is 4.79 Å². The minimum absolute atomic E-state index is 0.299. The van der Waals surface area contributed by atoms with Gasteiger partial charge in [0.05, 0.1) is 11.5 Å². The molecule has 0 saturated heterocycles. The van der Waals surface area contributed by atoms with E-state index in [2.05, 4.69) is 21.0 Å². The predicted molar refractivity (Wildman–Crippen MR) is 73.4 cm³/mol. The minimum Gasteiger partial charge on any atom is -0.543 e. The van der Waals surface area contributed by atoms with Gasteiger partial charge in [-0.05, 0) is 39.0 Å². The number of aromatic nitrogens is 2. The summed E-state index contributed by atoms with van der Waals surface area (Å²) in [6, 6.07) is 4.83. The first kappa shape index (κ1) is 14.5. The molecule has 1 aromatic heterocycles. The van der Waals surface area contributed by atoms with E-state index >= 15 is 0 Å². The molecule has 0 aliphatic rings. The predicted octanol–water partition coefficient (Wildman–Crippen LogP) is 1.95. The zero-order valence-electron chi connectivity index (χ0n) is 11.1. The van der Waals surface area contributed by atoms with Gasteiger partial charge in [-0.1, -0.05) is 15.9 Å². The fourth-order valence-electron chi connectivity index (χ4n) is 1.69. The van der Waals surface area contributed by atoms with E-state index in [4.69, 9.17) is 4.74 Å². The Hall–Kier alpha value is -1.89. The van der Waals surface area contributed by atoms with Crippen LogP contribution in [0.2, 0.25) is 0 Å². The van der Waals surface area contributed by atoms with E-state index in [0.29, 0.717) is 15.4 Å². The van der Waals surface area contributed by atoms with Gasteiger partial charge in [0.25, 0.3) is 0 Å². The van der Waals surface area contributed by atoms with Crippen molar-refractivity contribution < 1.29 is 19.4 Å². The Morgan fingerprint density at radius 3 is 2.55 bits per heavy atom. The molecule has 0 aliphatic heterocycles. The lowest BCUT2D eigenvalue weighted by Gasteiger charge is -2.19. The zero-order chi connectivity index (χ0) is 15.1. The summed E-state index contributed by atoms with van der Waals surface area (Å²) in [6.07, 6.45) is -0.739. The lowest BCUT2D eigenvalue weighted by molar-refractivity contribution is -0.255. The van der Waals surface area contributed by atoms with Crippen LogP contribution in [0.4, 0.5) is 4.79 Å². The molecular formula is C13H12BrN2O4-. The molecule has 0 unspecified atom stereocenters. The number of nitrogens with zero attached hydrogens (tertiary/aromatic N) is 2. The summed E-state index contributed by atoms with van der Waals surface area (Å²) < 4.78 is 6.80. The molecule has 0 fully saturated rings. The summed E-state index contributed by atoms with van der Waals surface area (Å²) in [4.78, 5) is 23.1. The molecule has 1 aromatic carbocycles. The Bertz CT molecular complexity index is 700. The molecule has 0 N–H and O–H groups in total. The highest BCUT2D eigenvalue weighted by molar-refractivity contribution is 9.10. The molecule has 6 nitrogen and oxygen atoms in total. The number of carboxylic acid groups (broad SMARTS) is 1. The number of halogens is 1. The quantitative estimate of drug-likeness (QED) is 0.792. The van der Waals surface area contributed by atoms with E-state index in [0.717, 1.165) is 4.68 Å². The fraction of sp³-hybridized carbons (Fsp3) is 0.308. The summed E-state index contributed by atoms with van der Waals surface area (Å²) in [7, 11) is 0. The van der Waals surface area contributed by atoms with Gasteiger partial charge in [0, 0.05) is 9.86 Å². The maximum absolute atomic E-state index is 12.0. The second kappa shape index (κ2) is 4.90. The maximum Gasteiger partial charge on any atom is 0.435 e. The molecule has 0 saturated carbocycles. The van der Waals surface area contributed by atoms with Crippen molar-refractivity contribution in [2.75, 3.05) is 0 Å². The van der Waals surface area contributed by atoms with Crippen LogP contribution in [0.1, 0.15) is 31.3 Å². The Morgan fingerprint density at radius 2 is 2.00 bits per heavy atom. The van der Waals surface area contributed by atoms with Gasteiger partial charge in [0.1, 0.15) is 11.3 Å². The number of carbonyl (C=O) groups excluding carboxylic acids is 2. The highest BCUT2D eigenvalue weighted by Crippen LogP contribution is 2.23. The number of carboxylic acids is 1. The number of hydrogen-bond acceptors (Lipinski definition) is 5. The highest BCUT2D eigenvalue weighted by Gasteiger charge is 2.22. The highest BCUT2D eigenvalue weighted by atomic mass is 79.9. The molecule has 2 aromatic rings. The Labute approximate surface area is 123 Å². The van der Waals surface area contributed by atoms with Crippen molar-refractivity contribution >= 4 is 38.9 Å². The first-order valence-electron chi connectivity index (χ1n) is 5.82. The molecule has 0 aliphatic carbocycles. The van der Waals surface area contributed by atoms with Crippen LogP contribution in [-0.2, 0) is 4.74 Å². The molecule has 2 rings (SSSR count). The van der Waals surface area contributed by atoms with Crippen molar-refractivity contribution in [3.05, 3.63) is 28.4 Å². The van der Waals surface area contributed by atoms with Crippen molar-refractivity contribution in [2.24, 2.45) is 0 Å². The third-order valence-electron chi connectivity index (χ3n) is 2.40. The standard InChI is InChI=1S/C13H13BrN2O4/c1-13(2,3)20-12(19)16-9-5-4-7(14)6-8(9)10(15-16)11(17)18/h4-6H,1-3H3,(H,17,18)/p-1. The van der Waals surface area contributed by atoms with Crippen molar-refractivity contribution in [1.29, 1.82) is 0 Å². The summed E-state index contributed by atoms with van der Waals surface area (Å²) in [6.45, 7) is 5.15. The zero-order valence-corrected chi connectivity index (χ0v) is 12.7. The molecule has 20 heavy (non-hydrogen) atoms. The van der Waals surface area contributed by atoms with Crippen molar-refractivity contribution in [2.45, 2.75) is 26.4 Å². The van der Waals surface area contributed by atoms with Crippen LogP contribution >= 0.6 is 15.9 Å². The summed E-state index contributed by atoms with van der Waals surface area (Å²) in [5.41, 5.74) is -0.652. The molecule has 0 atom stereocenters. The maximum atomic E-state index is 12.0. The van der Waals surface area contributed by atoms with E-state index in [1.165, 1.54) is 0 Å². The second-order valence-electron chi connectivity index (χ2n) is 5.19. The Kier molecular flexibility index (Phi) is 3.56. The molecule has 106 valence electrons. The topological polar surface area (TPSA) is 84.2 Å². The first-order valence-corrected chi connectivity index (χ1v) is 6.61. The number of ether oxygens (including phenoxy) is 1. The molecule has 0 radical (unpaired) electrons. The van der Waals surface area contributed by atoms with Crippen LogP contribution in [0.15, 0.2) is 22.7 Å². The van der Waals surface area contributed by atoms with Gasteiger partial charge in [0.15, 0.2) is 0 Å². The SMILES string of the molecule is CC(C)(C)OC(=O)n1nc(C(=O)[O-])c2cc(Br)ccc21. The summed E-state index contributed by atoms with van der Waals surface area (Å²) >= 11 is 3.24. The third-order valence-corrected chi connectivity index (χ3v) is 2.89. The van der Waals surface area contributed by atoms with Crippen molar-refractivity contribution in [1.82, 2.24) is 9.78 Å². The molecule has 0 bridgehead atoms. The molecule has 0 amide bonds. The normalized spacial score (nSPS) is 11.6. The van der Waals surface area contributed by atoms with Crippen LogP contribution in [0.25, 0.3) is 10.9 Å². The van der Waals surface area contributed by atoms with Crippen LogP contribution in [0, 0.1) is 0 Å². The van der Waals surface area contributed by atoms with E-state index in [1.54, 1.807) is 39.0 Å². The van der Waals surface area contributed by atoms with Crippen LogP contribution in [0.5, 0.6) is 0 Å². The minimum atomic E-state index is -1.45. The molecule has 1 heterocycles. The van der Waals surface area contributed by atoms with E-state index < -0.39 is 17.7 Å². The van der Waals surface area contributed by atoms with Crippen LogP contribution < -0.4 is 5.11 Å². The number of aromatic carboxylic acids is 1. The van der Waals surface area contributed by atoms with Crippen molar-refractivity contribution in [3.63, 3.8) is 0 Å². The van der Waals surface area contributed by atoms with E-state index in [-0.39, 0.29) is 5.69 Å². The van der Waals surface area contributed by atoms with Gasteiger partial charge >= 0.3 is 6.09 Å². The summed E-state index contributed by atoms with van der Waals surface area (Å²) in [5, 5.41) is 15.2. The molecule has 0 spiro atoms. The average molecular weight is 340 g/mol. The number of benzene rings is 1. The molecular weight excluding hydrogens is 328 g/mol. The number of hydrogen-bond donors (Lipinski definition) is 0. The van der Waals surface area contributed by atoms with Crippen molar-refractivity contribution in [3.8, 4) is 0 Å². The van der Waals surface area contributed by atoms with Gasteiger partial charge in [0.2, 0.25) is 0 Å². The molecule has 7 heteroatoms. The monoisotopic (exact) mass is 339 g/mol. The Morgan fingerprint density at radius 1 is 1.35 bits per heavy atom. The Balaban J connectivity index is 2.60. The lowest BCUT2D eigenvalue weighted by atomic mass is 10.2. The van der Waals surface area contributed by atoms with Gasteiger partial charge in [-0.3, -0.25) is 0 Å². The van der Waals surface area contributed by atoms with E-state index in [9.17, 15) is 14.7 Å². The summed E-state index contributed by atoms with van der Waals surface area (Å²) in [5.74, 6) is -1.45. The largest absolute Gasteiger partial charge is 0.543 e. The van der Waals surface area contributed by atoms with E-state index in [1.807, 2.05) is 0 Å². The number of carbonyl (C=O) groups is 2. The third kappa shape index (κ3) is 2.82.